The van der Waals surface area contributed by atoms with Crippen molar-refractivity contribution < 1.29 is 0 Å². The molecule has 2 aromatic rings. The molecule has 0 aliphatic rings. The Bertz CT molecular complexity index is 537. The number of unbranched alkanes of at least 4 members (excludes halogenated alkanes) is 1. The van der Waals surface area contributed by atoms with Crippen LogP contribution in [0.15, 0.2) is 42.5 Å². The fourth-order valence-corrected chi connectivity index (χ4v) is 2.89. The normalized spacial score (nSPS) is 13.0. The molecule has 0 aromatic heterocycles. The minimum absolute atomic E-state index is 0. The van der Waals surface area contributed by atoms with Gasteiger partial charge in [-0.1, -0.05) is 62.2 Å². The van der Waals surface area contributed by atoms with Crippen LogP contribution in [0, 0.1) is 0 Å². The van der Waals surface area contributed by atoms with E-state index in [4.69, 9.17) is 5.73 Å². The predicted octanol–water partition coefficient (Wildman–Crippen LogP) is 5.27. The largest absolute Gasteiger partial charge is 0.325 e. The van der Waals surface area contributed by atoms with Crippen LogP contribution in [-0.2, 0) is 0 Å². The lowest BCUT2D eigenvalue weighted by molar-refractivity contribution is 0.383. The van der Waals surface area contributed by atoms with Crippen molar-refractivity contribution in [3.05, 3.63) is 48.0 Å². The van der Waals surface area contributed by atoms with Crippen molar-refractivity contribution in [3.63, 3.8) is 0 Å². The standard InChI is InChI=1S/C18H25N.ClH/c1-4-5-13-17(18(2,3)19)16-12-8-10-14-9-6-7-11-15(14)16;/h6-12,17H,4-5,13,19H2,1-3H3;1H. The molecule has 2 rings (SSSR count). The average Bonchev–Trinajstić information content (AvgIpc) is 2.38. The van der Waals surface area contributed by atoms with Crippen molar-refractivity contribution in [1.82, 2.24) is 0 Å². The number of benzene rings is 2. The molecular weight excluding hydrogens is 266 g/mol. The van der Waals surface area contributed by atoms with Crippen molar-refractivity contribution in [3.8, 4) is 0 Å². The zero-order valence-corrected chi connectivity index (χ0v) is 13.5. The number of fused-ring (bicyclic) bond motifs is 1. The van der Waals surface area contributed by atoms with Gasteiger partial charge in [-0.25, -0.2) is 0 Å². The van der Waals surface area contributed by atoms with Gasteiger partial charge in [0.05, 0.1) is 0 Å². The van der Waals surface area contributed by atoms with Crippen molar-refractivity contribution in [2.24, 2.45) is 5.73 Å². The second kappa shape index (κ2) is 7.10. The summed E-state index contributed by atoms with van der Waals surface area (Å²) in [5.41, 5.74) is 7.66. The van der Waals surface area contributed by atoms with Gasteiger partial charge in [0, 0.05) is 11.5 Å². The molecule has 0 aliphatic carbocycles. The van der Waals surface area contributed by atoms with E-state index >= 15 is 0 Å². The fourth-order valence-electron chi connectivity index (χ4n) is 2.89. The molecule has 1 nitrogen and oxygen atoms in total. The molecule has 0 saturated heterocycles. The molecule has 0 fully saturated rings. The van der Waals surface area contributed by atoms with Crippen molar-refractivity contribution in [1.29, 1.82) is 0 Å². The molecule has 0 saturated carbocycles. The Hall–Kier alpha value is -1.05. The van der Waals surface area contributed by atoms with Crippen LogP contribution in [0.2, 0.25) is 0 Å². The Morgan fingerprint density at radius 2 is 1.70 bits per heavy atom. The maximum atomic E-state index is 6.44. The Balaban J connectivity index is 0.00000200. The summed E-state index contributed by atoms with van der Waals surface area (Å²) >= 11 is 0. The molecule has 1 atom stereocenters. The summed E-state index contributed by atoms with van der Waals surface area (Å²) in [5, 5.41) is 2.66. The lowest BCUT2D eigenvalue weighted by Gasteiger charge is -2.32. The third kappa shape index (κ3) is 3.74. The number of hydrogen-bond donors (Lipinski definition) is 1. The van der Waals surface area contributed by atoms with E-state index in [2.05, 4.69) is 63.2 Å². The molecule has 20 heavy (non-hydrogen) atoms. The summed E-state index contributed by atoms with van der Waals surface area (Å²) in [6.45, 7) is 6.54. The van der Waals surface area contributed by atoms with E-state index in [9.17, 15) is 0 Å². The third-order valence-corrected chi connectivity index (χ3v) is 3.94. The van der Waals surface area contributed by atoms with E-state index in [1.807, 2.05) is 0 Å². The van der Waals surface area contributed by atoms with Crippen LogP contribution in [0.1, 0.15) is 51.5 Å². The summed E-state index contributed by atoms with van der Waals surface area (Å²) in [7, 11) is 0. The van der Waals surface area contributed by atoms with Crippen LogP contribution >= 0.6 is 12.4 Å². The monoisotopic (exact) mass is 291 g/mol. The summed E-state index contributed by atoms with van der Waals surface area (Å²) in [4.78, 5) is 0. The van der Waals surface area contributed by atoms with E-state index in [0.717, 1.165) is 6.42 Å². The Labute approximate surface area is 129 Å². The van der Waals surface area contributed by atoms with Crippen LogP contribution in [0.3, 0.4) is 0 Å². The van der Waals surface area contributed by atoms with Gasteiger partial charge in [-0.05, 0) is 36.6 Å². The summed E-state index contributed by atoms with van der Waals surface area (Å²) in [6.07, 6.45) is 3.61. The van der Waals surface area contributed by atoms with Crippen LogP contribution in [0.25, 0.3) is 10.8 Å². The lowest BCUT2D eigenvalue weighted by atomic mass is 9.78. The molecule has 1 unspecified atom stereocenters. The summed E-state index contributed by atoms with van der Waals surface area (Å²) in [5.74, 6) is 0.415. The van der Waals surface area contributed by atoms with Crippen LogP contribution < -0.4 is 5.73 Å². The van der Waals surface area contributed by atoms with Gasteiger partial charge in [0.1, 0.15) is 0 Å². The van der Waals surface area contributed by atoms with Gasteiger partial charge in [0.2, 0.25) is 0 Å². The molecular formula is C18H26ClN. The molecule has 0 aliphatic heterocycles. The number of rotatable bonds is 5. The van der Waals surface area contributed by atoms with Gasteiger partial charge in [0.15, 0.2) is 0 Å². The van der Waals surface area contributed by atoms with Crippen molar-refractivity contribution >= 4 is 23.2 Å². The van der Waals surface area contributed by atoms with Crippen molar-refractivity contribution in [2.45, 2.75) is 51.5 Å². The first kappa shape index (κ1) is 17.0. The highest BCUT2D eigenvalue weighted by molar-refractivity contribution is 5.86. The smallest absolute Gasteiger partial charge is 0.0166 e. The maximum Gasteiger partial charge on any atom is 0.0166 e. The SMILES string of the molecule is CCCCC(c1cccc2ccccc12)C(C)(C)N.Cl. The molecule has 2 heteroatoms. The second-order valence-electron chi connectivity index (χ2n) is 6.08. The third-order valence-electron chi connectivity index (χ3n) is 3.94. The van der Waals surface area contributed by atoms with Crippen molar-refractivity contribution in [2.75, 3.05) is 0 Å². The molecule has 0 heterocycles. The van der Waals surface area contributed by atoms with Gasteiger partial charge in [-0.15, -0.1) is 12.4 Å². The van der Waals surface area contributed by atoms with Gasteiger partial charge in [-0.3, -0.25) is 0 Å². The number of nitrogens with two attached hydrogens (primary N) is 1. The predicted molar refractivity (Wildman–Crippen MR) is 91.7 cm³/mol. The Morgan fingerprint density at radius 1 is 1.05 bits per heavy atom. The van der Waals surface area contributed by atoms with E-state index in [1.165, 1.54) is 29.2 Å². The highest BCUT2D eigenvalue weighted by Crippen LogP contribution is 2.35. The van der Waals surface area contributed by atoms with Gasteiger partial charge < -0.3 is 5.73 Å². The Morgan fingerprint density at radius 3 is 2.35 bits per heavy atom. The van der Waals surface area contributed by atoms with Gasteiger partial charge >= 0.3 is 0 Å². The fraction of sp³-hybridized carbons (Fsp3) is 0.444. The number of hydrogen-bond acceptors (Lipinski definition) is 1. The van der Waals surface area contributed by atoms with E-state index < -0.39 is 0 Å². The lowest BCUT2D eigenvalue weighted by Crippen LogP contribution is -2.39. The maximum absolute atomic E-state index is 6.44. The first-order chi connectivity index (χ1) is 9.04. The first-order valence-electron chi connectivity index (χ1n) is 7.30. The Kier molecular flexibility index (Phi) is 6.04. The zero-order valence-electron chi connectivity index (χ0n) is 12.7. The molecule has 110 valence electrons. The molecule has 2 N–H and O–H groups in total. The number of halogens is 1. The molecule has 0 bridgehead atoms. The highest BCUT2D eigenvalue weighted by Gasteiger charge is 2.27. The van der Waals surface area contributed by atoms with Crippen LogP contribution in [0.5, 0.6) is 0 Å². The quantitative estimate of drug-likeness (QED) is 0.797. The summed E-state index contributed by atoms with van der Waals surface area (Å²) < 4.78 is 0. The average molecular weight is 292 g/mol. The molecule has 2 aromatic carbocycles. The highest BCUT2D eigenvalue weighted by atomic mass is 35.5. The van der Waals surface area contributed by atoms with Crippen LogP contribution in [0.4, 0.5) is 0 Å². The van der Waals surface area contributed by atoms with E-state index in [-0.39, 0.29) is 17.9 Å². The van der Waals surface area contributed by atoms with Gasteiger partial charge in [0.25, 0.3) is 0 Å². The molecule has 0 radical (unpaired) electrons. The first-order valence-corrected chi connectivity index (χ1v) is 7.30. The minimum Gasteiger partial charge on any atom is -0.325 e. The second-order valence-corrected chi connectivity index (χ2v) is 6.08. The van der Waals surface area contributed by atoms with Crippen LogP contribution in [-0.4, -0.2) is 5.54 Å². The summed E-state index contributed by atoms with van der Waals surface area (Å²) in [6, 6.07) is 15.2. The van der Waals surface area contributed by atoms with E-state index in [1.54, 1.807) is 0 Å². The molecule has 0 amide bonds. The minimum atomic E-state index is -0.181. The topological polar surface area (TPSA) is 26.0 Å². The van der Waals surface area contributed by atoms with E-state index in [0.29, 0.717) is 5.92 Å². The zero-order chi connectivity index (χ0) is 13.9. The van der Waals surface area contributed by atoms with Gasteiger partial charge in [-0.2, -0.15) is 0 Å². The molecule has 0 spiro atoms.